The SMILES string of the molecule is COCCNC(=O)[C@H]1CCCN(C(=O)c2cccc(C(=O)Nc3ccc(N4CCCCC4)cc3-c3cc(C(=O)N=C4CCCc5ccccc54)ccn3)c2)C1. The lowest BCUT2D eigenvalue weighted by atomic mass is 9.90. The summed E-state index contributed by atoms with van der Waals surface area (Å²) in [4.78, 5) is 67.2. The topological polar surface area (TPSA) is 133 Å². The summed E-state index contributed by atoms with van der Waals surface area (Å²) in [7, 11) is 1.58. The number of pyridine rings is 1. The largest absolute Gasteiger partial charge is 0.383 e. The van der Waals surface area contributed by atoms with E-state index in [-0.39, 0.29) is 29.5 Å². The second-order valence-electron chi connectivity index (χ2n) is 14.5. The van der Waals surface area contributed by atoms with Crippen molar-refractivity contribution >= 4 is 40.7 Å². The molecule has 3 aromatic carbocycles. The fourth-order valence-electron chi connectivity index (χ4n) is 7.78. The number of carbonyl (C=O) groups is 4. The van der Waals surface area contributed by atoms with Crippen LogP contribution in [-0.2, 0) is 16.0 Å². The molecule has 0 unspecified atom stereocenters. The number of hydrogen-bond donors (Lipinski definition) is 2. The third-order valence-electron chi connectivity index (χ3n) is 10.7. The number of hydrogen-bond acceptors (Lipinski definition) is 7. The van der Waals surface area contributed by atoms with Crippen LogP contribution in [0.2, 0.25) is 0 Å². The fourth-order valence-corrected chi connectivity index (χ4v) is 7.78. The number of rotatable bonds is 10. The van der Waals surface area contributed by atoms with E-state index < -0.39 is 0 Å². The Labute approximate surface area is 322 Å². The minimum atomic E-state index is -0.384. The number of likely N-dealkylation sites (tertiary alicyclic amines) is 1. The molecule has 0 bridgehead atoms. The van der Waals surface area contributed by atoms with Gasteiger partial charge in [0.2, 0.25) is 5.91 Å². The molecular weight excluding hydrogens is 693 g/mol. The maximum atomic E-state index is 13.9. The predicted molar refractivity (Wildman–Crippen MR) is 214 cm³/mol. The molecule has 11 heteroatoms. The molecule has 1 aromatic heterocycles. The number of nitrogens with one attached hydrogen (secondary N) is 2. The predicted octanol–water partition coefficient (Wildman–Crippen LogP) is 6.57. The van der Waals surface area contributed by atoms with Gasteiger partial charge in [-0.3, -0.25) is 24.2 Å². The number of aryl methyl sites for hydroxylation is 1. The van der Waals surface area contributed by atoms with E-state index in [1.165, 1.54) is 12.0 Å². The number of piperidine rings is 2. The lowest BCUT2D eigenvalue weighted by Gasteiger charge is -2.32. The van der Waals surface area contributed by atoms with Gasteiger partial charge >= 0.3 is 0 Å². The number of benzene rings is 3. The number of carbonyl (C=O) groups excluding carboxylic acids is 4. The first-order valence-electron chi connectivity index (χ1n) is 19.4. The number of anilines is 2. The Morgan fingerprint density at radius 2 is 1.65 bits per heavy atom. The maximum Gasteiger partial charge on any atom is 0.277 e. The van der Waals surface area contributed by atoms with Gasteiger partial charge in [-0.2, -0.15) is 0 Å². The van der Waals surface area contributed by atoms with Crippen LogP contribution in [-0.4, -0.2) is 85.7 Å². The lowest BCUT2D eigenvalue weighted by molar-refractivity contribution is -0.126. The summed E-state index contributed by atoms with van der Waals surface area (Å²) in [5.41, 5.74) is 6.93. The van der Waals surface area contributed by atoms with Crippen LogP contribution in [0.1, 0.15) is 87.1 Å². The number of fused-ring (bicyclic) bond motifs is 1. The summed E-state index contributed by atoms with van der Waals surface area (Å²) in [5, 5.41) is 5.96. The Balaban J connectivity index is 1.13. The molecule has 3 aliphatic rings. The highest BCUT2D eigenvalue weighted by Gasteiger charge is 2.29. The molecule has 284 valence electrons. The van der Waals surface area contributed by atoms with Crippen LogP contribution >= 0.6 is 0 Å². The van der Waals surface area contributed by atoms with Crippen molar-refractivity contribution in [3.8, 4) is 11.3 Å². The molecule has 2 N–H and O–H groups in total. The van der Waals surface area contributed by atoms with E-state index in [1.54, 1.807) is 54.6 Å². The van der Waals surface area contributed by atoms with Crippen LogP contribution in [0.25, 0.3) is 11.3 Å². The Hall–Kier alpha value is -5.68. The van der Waals surface area contributed by atoms with E-state index in [2.05, 4.69) is 31.6 Å². The number of nitrogens with zero attached hydrogens (tertiary/aromatic N) is 4. The summed E-state index contributed by atoms with van der Waals surface area (Å²) in [6, 6.07) is 24.1. The molecule has 7 rings (SSSR count). The monoisotopic (exact) mass is 740 g/mol. The highest BCUT2D eigenvalue weighted by molar-refractivity contribution is 6.12. The normalized spacial score (nSPS) is 17.7. The molecule has 11 nitrogen and oxygen atoms in total. The Morgan fingerprint density at radius 1 is 0.818 bits per heavy atom. The molecule has 3 heterocycles. The zero-order valence-corrected chi connectivity index (χ0v) is 31.4. The van der Waals surface area contributed by atoms with Gasteiger partial charge in [-0.1, -0.05) is 30.3 Å². The summed E-state index contributed by atoms with van der Waals surface area (Å²) < 4.78 is 5.04. The van der Waals surface area contributed by atoms with Gasteiger partial charge in [-0.25, -0.2) is 4.99 Å². The van der Waals surface area contributed by atoms with Crippen LogP contribution in [0, 0.1) is 5.92 Å². The Bertz CT molecular complexity index is 2090. The van der Waals surface area contributed by atoms with Crippen molar-refractivity contribution in [3.05, 3.63) is 113 Å². The van der Waals surface area contributed by atoms with Crippen LogP contribution in [0.5, 0.6) is 0 Å². The molecule has 0 spiro atoms. The molecule has 2 aliphatic heterocycles. The fraction of sp³-hybridized carbons (Fsp3) is 0.364. The van der Waals surface area contributed by atoms with Gasteiger partial charge < -0.3 is 25.2 Å². The molecule has 0 radical (unpaired) electrons. The van der Waals surface area contributed by atoms with E-state index in [0.29, 0.717) is 72.7 Å². The molecule has 55 heavy (non-hydrogen) atoms. The second kappa shape index (κ2) is 17.6. The van der Waals surface area contributed by atoms with Gasteiger partial charge in [0.1, 0.15) is 0 Å². The zero-order chi connectivity index (χ0) is 38.1. The van der Waals surface area contributed by atoms with E-state index in [4.69, 9.17) is 4.74 Å². The number of aliphatic imine (C=N–C) groups is 1. The van der Waals surface area contributed by atoms with Gasteiger partial charge in [-0.15, -0.1) is 0 Å². The van der Waals surface area contributed by atoms with Crippen molar-refractivity contribution in [2.24, 2.45) is 10.9 Å². The summed E-state index contributed by atoms with van der Waals surface area (Å²) in [5.74, 6) is -1.32. The van der Waals surface area contributed by atoms with E-state index in [9.17, 15) is 19.2 Å². The molecule has 1 atom stereocenters. The third-order valence-corrected chi connectivity index (χ3v) is 10.7. The molecule has 4 amide bonds. The number of aromatic nitrogens is 1. The molecule has 0 saturated carbocycles. The van der Waals surface area contributed by atoms with Crippen molar-refractivity contribution in [2.75, 3.05) is 56.7 Å². The van der Waals surface area contributed by atoms with Gasteiger partial charge in [0, 0.05) is 74.0 Å². The molecule has 2 fully saturated rings. The van der Waals surface area contributed by atoms with E-state index in [0.717, 1.165) is 62.2 Å². The van der Waals surface area contributed by atoms with E-state index >= 15 is 0 Å². The maximum absolute atomic E-state index is 13.9. The smallest absolute Gasteiger partial charge is 0.277 e. The standard InChI is InChI=1S/C44H48N6O5/c1-55-25-21-46-41(51)34-14-9-24-50(29-34)44(54)33-13-7-12-31(26-33)42(52)48-39-18-17-35(49-22-5-2-6-23-49)28-37(39)40-27-32(19-20-45-40)43(53)47-38-16-8-11-30-10-3-4-15-36(30)38/h3-4,7,10,12-13,15,17-20,26-28,34H,2,5-6,8-9,11,14,16,21-25,29H2,1H3,(H,46,51)(H,48,52)/t34-/m0/s1. The number of amides is 4. The molecule has 1 aliphatic carbocycles. The van der Waals surface area contributed by atoms with Crippen LogP contribution in [0.3, 0.4) is 0 Å². The van der Waals surface area contributed by atoms with Crippen molar-refractivity contribution in [3.63, 3.8) is 0 Å². The van der Waals surface area contributed by atoms with Crippen molar-refractivity contribution in [1.82, 2.24) is 15.2 Å². The summed E-state index contributed by atoms with van der Waals surface area (Å²) >= 11 is 0. The average Bonchev–Trinajstić information content (AvgIpc) is 3.24. The van der Waals surface area contributed by atoms with Gasteiger partial charge in [0.15, 0.2) is 0 Å². The average molecular weight is 741 g/mol. The lowest BCUT2D eigenvalue weighted by Crippen LogP contribution is -2.46. The Kier molecular flexibility index (Phi) is 12.1. The number of methoxy groups -OCH3 is 1. The van der Waals surface area contributed by atoms with Crippen LogP contribution in [0.4, 0.5) is 11.4 Å². The number of ether oxygens (including phenoxy) is 1. The molecular formula is C44H48N6O5. The quantitative estimate of drug-likeness (QED) is 0.176. The van der Waals surface area contributed by atoms with Crippen molar-refractivity contribution in [2.45, 2.75) is 51.4 Å². The summed E-state index contributed by atoms with van der Waals surface area (Å²) in [6.07, 6.45) is 9.10. The molecule has 2 saturated heterocycles. The van der Waals surface area contributed by atoms with Gasteiger partial charge in [-0.05, 0) is 111 Å². The zero-order valence-electron chi connectivity index (χ0n) is 31.4. The van der Waals surface area contributed by atoms with Gasteiger partial charge in [0.25, 0.3) is 17.7 Å². The van der Waals surface area contributed by atoms with E-state index in [1.807, 2.05) is 36.4 Å². The Morgan fingerprint density at radius 3 is 2.51 bits per heavy atom. The minimum Gasteiger partial charge on any atom is -0.383 e. The first-order valence-corrected chi connectivity index (χ1v) is 19.4. The molecule has 4 aromatic rings. The van der Waals surface area contributed by atoms with Crippen LogP contribution < -0.4 is 15.5 Å². The van der Waals surface area contributed by atoms with Gasteiger partial charge in [0.05, 0.1) is 29.6 Å². The summed E-state index contributed by atoms with van der Waals surface area (Å²) in [6.45, 7) is 3.58. The third kappa shape index (κ3) is 9.00. The highest BCUT2D eigenvalue weighted by atomic mass is 16.5. The first kappa shape index (κ1) is 37.6. The highest BCUT2D eigenvalue weighted by Crippen LogP contribution is 2.34. The van der Waals surface area contributed by atoms with Crippen LogP contribution in [0.15, 0.2) is 90.1 Å². The van der Waals surface area contributed by atoms with Crippen molar-refractivity contribution < 1.29 is 23.9 Å². The minimum absolute atomic E-state index is 0.0857. The first-order chi connectivity index (χ1) is 26.9. The second-order valence-corrected chi connectivity index (χ2v) is 14.5. The van der Waals surface area contributed by atoms with Crippen molar-refractivity contribution in [1.29, 1.82) is 0 Å².